The quantitative estimate of drug-likeness (QED) is 0.259. The molecule has 0 spiro atoms. The first-order chi connectivity index (χ1) is 2.91. The molecule has 0 nitrogen and oxygen atoms in total. The van der Waals surface area contributed by atoms with Crippen LogP contribution in [0, 0.1) is 0 Å². The van der Waals surface area contributed by atoms with Crippen molar-refractivity contribution in [1.82, 2.24) is 0 Å². The first kappa shape index (κ1) is 10.7. The van der Waals surface area contributed by atoms with Gasteiger partial charge in [0.25, 0.3) is 0 Å². The summed E-state index contributed by atoms with van der Waals surface area (Å²) in [6, 6.07) is 0. The average Bonchev–Trinajstić information content (AvgIpc) is 1.61. The van der Waals surface area contributed by atoms with Gasteiger partial charge in [-0.3, -0.25) is 0 Å². The van der Waals surface area contributed by atoms with E-state index in [0.717, 1.165) is 0 Å². The topological polar surface area (TPSA) is 0 Å². The van der Waals surface area contributed by atoms with Crippen molar-refractivity contribution in [3.05, 3.63) is 12.7 Å². The molecule has 0 bridgehead atoms. The van der Waals surface area contributed by atoms with Crippen LogP contribution in [0.25, 0.3) is 0 Å². The summed E-state index contributed by atoms with van der Waals surface area (Å²) in [4.78, 5) is 0. The largest absolute Gasteiger partial charge is 1.00 e. The van der Waals surface area contributed by atoms with Crippen LogP contribution in [0.15, 0.2) is 12.7 Å². The molecular formula is C6H13Na. The minimum Gasteiger partial charge on any atom is -1.00 e. The van der Waals surface area contributed by atoms with Crippen LogP contribution in [0.1, 0.15) is 27.6 Å². The van der Waals surface area contributed by atoms with Crippen LogP contribution in [-0.2, 0) is 0 Å². The van der Waals surface area contributed by atoms with Gasteiger partial charge in [0.1, 0.15) is 0 Å². The van der Waals surface area contributed by atoms with Crippen LogP contribution in [0.3, 0.4) is 0 Å². The minimum atomic E-state index is 0. The molecule has 0 aliphatic carbocycles. The number of unbranched alkanes of at least 4 members (excludes halogenated alkanes) is 2. The van der Waals surface area contributed by atoms with Crippen LogP contribution in [0.5, 0.6) is 0 Å². The molecule has 0 N–H and O–H groups in total. The predicted octanol–water partition coefficient (Wildman–Crippen LogP) is -0.521. The average molecular weight is 108 g/mol. The van der Waals surface area contributed by atoms with Gasteiger partial charge in [0.15, 0.2) is 0 Å². The molecule has 0 radical (unpaired) electrons. The molecule has 1 heteroatoms. The molecule has 0 saturated heterocycles. The van der Waals surface area contributed by atoms with Crippen LogP contribution < -0.4 is 29.6 Å². The van der Waals surface area contributed by atoms with Crippen molar-refractivity contribution >= 4 is 0 Å². The summed E-state index contributed by atoms with van der Waals surface area (Å²) in [5.41, 5.74) is 0. The van der Waals surface area contributed by atoms with E-state index in [0.29, 0.717) is 0 Å². The van der Waals surface area contributed by atoms with Crippen molar-refractivity contribution < 1.29 is 31.0 Å². The monoisotopic (exact) mass is 108 g/mol. The number of hydrogen-bond donors (Lipinski definition) is 0. The van der Waals surface area contributed by atoms with Crippen LogP contribution in [0.2, 0.25) is 0 Å². The van der Waals surface area contributed by atoms with Gasteiger partial charge < -0.3 is 1.43 Å². The minimum absolute atomic E-state index is 0. The zero-order chi connectivity index (χ0) is 4.83. The Morgan fingerprint density at radius 1 is 1.71 bits per heavy atom. The summed E-state index contributed by atoms with van der Waals surface area (Å²) in [5, 5.41) is 0. The van der Waals surface area contributed by atoms with E-state index in [4.69, 9.17) is 0 Å². The molecule has 38 valence electrons. The van der Waals surface area contributed by atoms with Crippen molar-refractivity contribution in [2.45, 2.75) is 26.2 Å². The molecule has 7 heavy (non-hydrogen) atoms. The van der Waals surface area contributed by atoms with E-state index in [-0.39, 0.29) is 31.0 Å². The van der Waals surface area contributed by atoms with Crippen LogP contribution >= 0.6 is 0 Å². The van der Waals surface area contributed by atoms with Gasteiger partial charge >= 0.3 is 29.6 Å². The van der Waals surface area contributed by atoms with Gasteiger partial charge in [-0.15, -0.1) is 6.58 Å². The number of allylic oxidation sites excluding steroid dienone is 1. The van der Waals surface area contributed by atoms with Crippen molar-refractivity contribution in [1.29, 1.82) is 0 Å². The Kier molecular flexibility index (Phi) is 15.1. The van der Waals surface area contributed by atoms with E-state index < -0.39 is 0 Å². The zero-order valence-electron chi connectivity index (χ0n) is 6.41. The summed E-state index contributed by atoms with van der Waals surface area (Å²) in [6.07, 6.45) is 5.72. The van der Waals surface area contributed by atoms with E-state index in [2.05, 4.69) is 13.5 Å². The zero-order valence-corrected chi connectivity index (χ0v) is 7.41. The molecule has 0 aliphatic heterocycles. The maximum Gasteiger partial charge on any atom is 1.00 e. The third-order valence-electron chi connectivity index (χ3n) is 0.762. The summed E-state index contributed by atoms with van der Waals surface area (Å²) in [5.74, 6) is 0. The summed E-state index contributed by atoms with van der Waals surface area (Å²) in [6.45, 7) is 5.78. The first-order valence-corrected chi connectivity index (χ1v) is 2.52. The number of rotatable bonds is 3. The molecule has 0 aromatic carbocycles. The fourth-order valence-electron chi connectivity index (χ4n) is 0.348. The fourth-order valence-corrected chi connectivity index (χ4v) is 0.348. The maximum atomic E-state index is 3.60. The third kappa shape index (κ3) is 10.8. The Labute approximate surface area is 69.8 Å². The molecule has 0 amide bonds. The molecule has 0 atom stereocenters. The van der Waals surface area contributed by atoms with E-state index in [1.165, 1.54) is 19.3 Å². The van der Waals surface area contributed by atoms with E-state index >= 15 is 0 Å². The Hall–Kier alpha value is 0.740. The smallest absolute Gasteiger partial charge is 1.00 e. The molecule has 0 heterocycles. The summed E-state index contributed by atoms with van der Waals surface area (Å²) < 4.78 is 0. The molecule has 0 saturated carbocycles. The standard InChI is InChI=1S/C6H12.Na.H/c1-3-5-6-4-2;;/h3H,1,4-6H2,2H3;;/q;+1;-1. The second-order valence-corrected chi connectivity index (χ2v) is 1.43. The molecule has 0 rings (SSSR count). The molecule has 0 aromatic heterocycles. The first-order valence-electron chi connectivity index (χ1n) is 2.52. The SMILES string of the molecule is C=CCCCC.[H-].[Na+]. The predicted molar refractivity (Wildman–Crippen MR) is 30.8 cm³/mol. The van der Waals surface area contributed by atoms with Crippen molar-refractivity contribution in [2.75, 3.05) is 0 Å². The van der Waals surface area contributed by atoms with Crippen LogP contribution in [0.4, 0.5) is 0 Å². The Morgan fingerprint density at radius 2 is 2.29 bits per heavy atom. The van der Waals surface area contributed by atoms with Gasteiger partial charge in [0, 0.05) is 0 Å². The molecule has 0 unspecified atom stereocenters. The molecule has 0 fully saturated rings. The summed E-state index contributed by atoms with van der Waals surface area (Å²) in [7, 11) is 0. The fraction of sp³-hybridized carbons (Fsp3) is 0.667. The Morgan fingerprint density at radius 3 is 2.43 bits per heavy atom. The van der Waals surface area contributed by atoms with Gasteiger partial charge in [0.05, 0.1) is 0 Å². The molecular weight excluding hydrogens is 95.1 g/mol. The van der Waals surface area contributed by atoms with Gasteiger partial charge in [-0.1, -0.05) is 25.8 Å². The third-order valence-corrected chi connectivity index (χ3v) is 0.762. The van der Waals surface area contributed by atoms with Crippen molar-refractivity contribution in [3.63, 3.8) is 0 Å². The van der Waals surface area contributed by atoms with Gasteiger partial charge in [-0.2, -0.15) is 0 Å². The maximum absolute atomic E-state index is 3.60. The van der Waals surface area contributed by atoms with Gasteiger partial charge in [-0.05, 0) is 6.42 Å². The molecule has 0 aliphatic rings. The van der Waals surface area contributed by atoms with Gasteiger partial charge in [0.2, 0.25) is 0 Å². The second-order valence-electron chi connectivity index (χ2n) is 1.43. The molecule has 0 aromatic rings. The van der Waals surface area contributed by atoms with E-state index in [9.17, 15) is 0 Å². The van der Waals surface area contributed by atoms with E-state index in [1.807, 2.05) is 6.08 Å². The van der Waals surface area contributed by atoms with Crippen molar-refractivity contribution in [3.8, 4) is 0 Å². The second kappa shape index (κ2) is 9.88. The summed E-state index contributed by atoms with van der Waals surface area (Å²) >= 11 is 0. The Bertz CT molecular complexity index is 37.5. The van der Waals surface area contributed by atoms with Gasteiger partial charge in [-0.25, -0.2) is 0 Å². The number of hydrogen-bond acceptors (Lipinski definition) is 0. The van der Waals surface area contributed by atoms with E-state index in [1.54, 1.807) is 0 Å². The van der Waals surface area contributed by atoms with Crippen molar-refractivity contribution in [2.24, 2.45) is 0 Å². The van der Waals surface area contributed by atoms with Crippen LogP contribution in [-0.4, -0.2) is 0 Å². The normalized spacial score (nSPS) is 7.00. The Balaban J connectivity index is -0.000000125.